The Hall–Kier alpha value is -2.98. The maximum Gasteiger partial charge on any atom is 0.309 e. The van der Waals surface area contributed by atoms with E-state index >= 15 is 0 Å². The van der Waals surface area contributed by atoms with E-state index in [4.69, 9.17) is 4.42 Å². The lowest BCUT2D eigenvalue weighted by atomic mass is 10.1. The molecular weight excluding hydrogens is 444 g/mol. The van der Waals surface area contributed by atoms with Gasteiger partial charge in [-0.3, -0.25) is 19.8 Å². The Morgan fingerprint density at radius 2 is 2.17 bits per heavy atom. The van der Waals surface area contributed by atoms with Crippen molar-refractivity contribution in [3.63, 3.8) is 0 Å². The molecule has 1 aliphatic heterocycles. The van der Waals surface area contributed by atoms with Crippen molar-refractivity contribution in [3.8, 4) is 11.3 Å². The van der Waals surface area contributed by atoms with Gasteiger partial charge in [0.25, 0.3) is 5.69 Å². The molecule has 1 aliphatic rings. The summed E-state index contributed by atoms with van der Waals surface area (Å²) in [6, 6.07) is 8.12. The second-order valence-electron chi connectivity index (χ2n) is 6.89. The zero-order valence-electron chi connectivity index (χ0n) is 15.2. The molecule has 1 unspecified atom stereocenters. The molecule has 0 saturated heterocycles. The second-order valence-corrected chi connectivity index (χ2v) is 7.74. The first-order valence-electron chi connectivity index (χ1n) is 8.89. The number of hydrogen-bond acceptors (Lipinski definition) is 6. The lowest BCUT2D eigenvalue weighted by molar-refractivity contribution is -0.384. The van der Waals surface area contributed by atoms with Crippen molar-refractivity contribution < 1.29 is 19.2 Å². The molecule has 3 heterocycles. The number of nitrogens with zero attached hydrogens (tertiary/aromatic N) is 4. The molecule has 0 amide bonds. The molecule has 10 heteroatoms. The maximum atomic E-state index is 11.6. The van der Waals surface area contributed by atoms with Crippen LogP contribution < -0.4 is 0 Å². The molecule has 4 rings (SSSR count). The first kappa shape index (κ1) is 19.3. The third kappa shape index (κ3) is 4.08. The number of imidazole rings is 1. The second kappa shape index (κ2) is 7.80. The van der Waals surface area contributed by atoms with E-state index in [1.54, 1.807) is 24.5 Å². The molecule has 0 fully saturated rings. The number of carboxylic acids is 1. The third-order valence-electron chi connectivity index (χ3n) is 4.88. The highest BCUT2D eigenvalue weighted by Crippen LogP contribution is 2.33. The highest BCUT2D eigenvalue weighted by Gasteiger charge is 2.27. The minimum absolute atomic E-state index is 0.00724. The van der Waals surface area contributed by atoms with Gasteiger partial charge in [-0.05, 0) is 34.1 Å². The van der Waals surface area contributed by atoms with Gasteiger partial charge in [0.2, 0.25) is 0 Å². The summed E-state index contributed by atoms with van der Waals surface area (Å²) in [5.41, 5.74) is 0.698. The topological polar surface area (TPSA) is 115 Å². The number of hydrogen-bond donors (Lipinski definition) is 1. The van der Waals surface area contributed by atoms with Crippen molar-refractivity contribution in [2.24, 2.45) is 5.92 Å². The van der Waals surface area contributed by atoms with Gasteiger partial charge in [0.15, 0.2) is 0 Å². The van der Waals surface area contributed by atoms with Crippen molar-refractivity contribution in [2.75, 3.05) is 6.54 Å². The molecule has 0 saturated carbocycles. The number of rotatable bonds is 5. The number of benzene rings is 1. The molecule has 9 nitrogen and oxygen atoms in total. The van der Waals surface area contributed by atoms with Gasteiger partial charge in [-0.15, -0.1) is 0 Å². The van der Waals surface area contributed by atoms with Crippen LogP contribution in [0.2, 0.25) is 0 Å². The summed E-state index contributed by atoms with van der Waals surface area (Å²) in [5.74, 6) is 0.691. The minimum Gasteiger partial charge on any atom is -0.481 e. The summed E-state index contributed by atoms with van der Waals surface area (Å²) in [5, 5.41) is 20.4. The van der Waals surface area contributed by atoms with Crippen molar-refractivity contribution in [2.45, 2.75) is 19.6 Å². The van der Waals surface area contributed by atoms with Crippen molar-refractivity contribution in [1.29, 1.82) is 0 Å². The van der Waals surface area contributed by atoms with Gasteiger partial charge in [0.05, 0.1) is 23.9 Å². The Balaban J connectivity index is 1.54. The Labute approximate surface area is 173 Å². The van der Waals surface area contributed by atoms with Gasteiger partial charge >= 0.3 is 5.97 Å². The Morgan fingerprint density at radius 1 is 1.34 bits per heavy atom. The van der Waals surface area contributed by atoms with Crippen molar-refractivity contribution in [3.05, 3.63) is 68.9 Å². The number of carboxylic acid groups (broad SMARTS) is 1. The predicted molar refractivity (Wildman–Crippen MR) is 106 cm³/mol. The molecule has 1 aromatic carbocycles. The molecule has 0 aliphatic carbocycles. The van der Waals surface area contributed by atoms with Gasteiger partial charge in [0, 0.05) is 47.7 Å². The third-order valence-corrected chi connectivity index (χ3v) is 5.54. The zero-order valence-corrected chi connectivity index (χ0v) is 16.8. The van der Waals surface area contributed by atoms with Crippen molar-refractivity contribution in [1.82, 2.24) is 14.5 Å². The van der Waals surface area contributed by atoms with E-state index in [1.807, 2.05) is 15.5 Å². The van der Waals surface area contributed by atoms with E-state index < -0.39 is 16.8 Å². The molecule has 0 bridgehead atoms. The van der Waals surface area contributed by atoms with Crippen LogP contribution in [0, 0.1) is 16.0 Å². The van der Waals surface area contributed by atoms with Crippen LogP contribution in [0.15, 0.2) is 51.6 Å². The lowest BCUT2D eigenvalue weighted by Gasteiger charge is -2.20. The van der Waals surface area contributed by atoms with E-state index in [0.717, 1.165) is 5.82 Å². The first-order chi connectivity index (χ1) is 13.9. The number of carbonyl (C=O) groups is 1. The fourth-order valence-corrected chi connectivity index (χ4v) is 4.01. The van der Waals surface area contributed by atoms with Crippen LogP contribution in [-0.4, -0.2) is 37.0 Å². The monoisotopic (exact) mass is 460 g/mol. The summed E-state index contributed by atoms with van der Waals surface area (Å²) in [6.07, 6.45) is 3.47. The molecule has 29 heavy (non-hydrogen) atoms. The van der Waals surface area contributed by atoms with E-state index in [1.165, 1.54) is 12.1 Å². The molecule has 0 spiro atoms. The molecular formula is C19H17BrN4O5. The quantitative estimate of drug-likeness (QED) is 0.457. The summed E-state index contributed by atoms with van der Waals surface area (Å²) in [4.78, 5) is 28.4. The SMILES string of the molecule is O=C(O)C1CN(Cc2ccc(-c3ccc([N+](=O)[O-])cc3Br)o2)Cc2nccn2C1. The summed E-state index contributed by atoms with van der Waals surface area (Å²) < 4.78 is 8.38. The van der Waals surface area contributed by atoms with E-state index in [2.05, 4.69) is 20.9 Å². The van der Waals surface area contributed by atoms with Crippen LogP contribution in [0.5, 0.6) is 0 Å². The number of fused-ring (bicyclic) bond motifs is 1. The molecule has 2 aromatic heterocycles. The van der Waals surface area contributed by atoms with Gasteiger partial charge in [-0.25, -0.2) is 4.98 Å². The number of aromatic nitrogens is 2. The van der Waals surface area contributed by atoms with E-state index in [0.29, 0.717) is 47.7 Å². The van der Waals surface area contributed by atoms with E-state index in [9.17, 15) is 20.0 Å². The predicted octanol–water partition coefficient (Wildman–Crippen LogP) is 3.53. The van der Waals surface area contributed by atoms with Crippen LogP contribution in [0.3, 0.4) is 0 Å². The highest BCUT2D eigenvalue weighted by molar-refractivity contribution is 9.10. The van der Waals surface area contributed by atoms with Crippen LogP contribution in [0.1, 0.15) is 11.6 Å². The van der Waals surface area contributed by atoms with Crippen LogP contribution in [0.25, 0.3) is 11.3 Å². The van der Waals surface area contributed by atoms with Gasteiger partial charge < -0.3 is 14.1 Å². The molecule has 0 radical (unpaired) electrons. The molecule has 1 N–H and O–H groups in total. The fraction of sp³-hybridized carbons (Fsp3) is 0.263. The number of non-ortho nitro benzene ring substituents is 1. The van der Waals surface area contributed by atoms with Gasteiger partial charge in [0.1, 0.15) is 17.3 Å². The van der Waals surface area contributed by atoms with Crippen molar-refractivity contribution >= 4 is 27.6 Å². The van der Waals surface area contributed by atoms with Crippen LogP contribution in [-0.2, 0) is 24.4 Å². The Morgan fingerprint density at radius 3 is 2.90 bits per heavy atom. The smallest absolute Gasteiger partial charge is 0.309 e. The van der Waals surface area contributed by atoms with Crippen LogP contribution in [0.4, 0.5) is 5.69 Å². The number of nitro groups is 1. The normalized spacial score (nSPS) is 16.9. The first-order valence-corrected chi connectivity index (χ1v) is 9.68. The summed E-state index contributed by atoms with van der Waals surface area (Å²) in [6.45, 7) is 1.73. The average molecular weight is 461 g/mol. The molecule has 3 aromatic rings. The largest absolute Gasteiger partial charge is 0.481 e. The standard InChI is InChI=1S/C19H17BrN4O5/c20-16-7-13(24(27)28)1-3-15(16)17-4-2-14(29-17)10-22-8-12(19(25)26)9-23-6-5-21-18(23)11-22/h1-7,12H,8-11H2,(H,25,26). The average Bonchev–Trinajstić information content (AvgIpc) is 3.27. The summed E-state index contributed by atoms with van der Waals surface area (Å²) >= 11 is 3.36. The number of nitro benzene ring substituents is 1. The Bertz CT molecular complexity index is 1080. The molecule has 150 valence electrons. The highest BCUT2D eigenvalue weighted by atomic mass is 79.9. The molecule has 1 atom stereocenters. The van der Waals surface area contributed by atoms with E-state index in [-0.39, 0.29) is 5.69 Å². The number of furan rings is 1. The number of halogens is 1. The van der Waals surface area contributed by atoms with Gasteiger partial charge in [-0.2, -0.15) is 0 Å². The fourth-order valence-electron chi connectivity index (χ4n) is 3.45. The minimum atomic E-state index is -0.841. The van der Waals surface area contributed by atoms with Crippen LogP contribution >= 0.6 is 15.9 Å². The van der Waals surface area contributed by atoms with Gasteiger partial charge in [-0.1, -0.05) is 0 Å². The maximum absolute atomic E-state index is 11.6. The zero-order chi connectivity index (χ0) is 20.5. The Kier molecular flexibility index (Phi) is 5.20. The number of aliphatic carboxylic acids is 1. The lowest BCUT2D eigenvalue weighted by Crippen LogP contribution is -2.31. The summed E-state index contributed by atoms with van der Waals surface area (Å²) in [7, 11) is 0.